The Hall–Kier alpha value is -2.67. The van der Waals surface area contributed by atoms with E-state index in [1.165, 1.54) is 32.6 Å². The van der Waals surface area contributed by atoms with Crippen molar-refractivity contribution in [1.29, 1.82) is 0 Å². The van der Waals surface area contributed by atoms with Crippen molar-refractivity contribution in [2.75, 3.05) is 0 Å². The zero-order valence-electron chi connectivity index (χ0n) is 28.8. The van der Waals surface area contributed by atoms with Crippen LogP contribution in [-0.2, 0) is 14.1 Å². The van der Waals surface area contributed by atoms with Crippen LogP contribution < -0.4 is 0 Å². The average Bonchev–Trinajstić information content (AvgIpc) is 3.47. The van der Waals surface area contributed by atoms with Gasteiger partial charge in [-0.3, -0.25) is 0 Å². The Labute approximate surface area is 258 Å². The van der Waals surface area contributed by atoms with Gasteiger partial charge in [-0.1, -0.05) is 94.9 Å². The smallest absolute Gasteiger partial charge is 0.146 e. The van der Waals surface area contributed by atoms with Crippen LogP contribution in [0.5, 0.6) is 0 Å². The SMILES string of the molecule is CC(C)[Si](C#Cc1cc2c(cc(C#C[Si](C(C)C)(C(C)C)C(C)C)c3ccn(C)c32)c2c1ccn2C)(C(C)C)C(C)C. The Kier molecular flexibility index (Phi) is 9.05. The molecule has 0 bridgehead atoms. The molecule has 0 amide bonds. The maximum absolute atomic E-state index is 4.01. The predicted molar refractivity (Wildman–Crippen MR) is 193 cm³/mol. The van der Waals surface area contributed by atoms with Crippen molar-refractivity contribution in [3.05, 3.63) is 47.8 Å². The number of aryl methyl sites for hydroxylation is 2. The van der Waals surface area contributed by atoms with Gasteiger partial charge in [0.1, 0.15) is 16.1 Å². The van der Waals surface area contributed by atoms with Crippen LogP contribution in [0.3, 0.4) is 0 Å². The fraction of sp³-hybridized carbons (Fsp3) is 0.526. The first-order valence-electron chi connectivity index (χ1n) is 16.2. The average molecular weight is 595 g/mol. The summed E-state index contributed by atoms with van der Waals surface area (Å²) in [6.07, 6.45) is 4.39. The van der Waals surface area contributed by atoms with E-state index in [-0.39, 0.29) is 0 Å². The molecule has 2 aromatic heterocycles. The second-order valence-corrected chi connectivity index (χ2v) is 25.8. The van der Waals surface area contributed by atoms with Crippen LogP contribution >= 0.6 is 0 Å². The third-order valence-corrected chi connectivity index (χ3v) is 23.2. The molecule has 0 aliphatic rings. The highest BCUT2D eigenvalue weighted by Crippen LogP contribution is 2.43. The van der Waals surface area contributed by atoms with Crippen molar-refractivity contribution >= 4 is 48.7 Å². The van der Waals surface area contributed by atoms with Gasteiger partial charge in [0.15, 0.2) is 0 Å². The molecule has 4 heteroatoms. The zero-order chi connectivity index (χ0) is 31.3. The van der Waals surface area contributed by atoms with Gasteiger partial charge in [0, 0.05) is 59.2 Å². The van der Waals surface area contributed by atoms with Gasteiger partial charge in [-0.25, -0.2) is 0 Å². The van der Waals surface area contributed by atoms with Crippen molar-refractivity contribution in [2.45, 2.75) is 116 Å². The van der Waals surface area contributed by atoms with Crippen LogP contribution in [-0.4, -0.2) is 25.3 Å². The lowest BCUT2D eigenvalue weighted by Gasteiger charge is -2.38. The first kappa shape index (κ1) is 32.3. The molecule has 224 valence electrons. The molecule has 0 fully saturated rings. The molecule has 0 atom stereocenters. The normalized spacial score (nSPS) is 13.0. The molecule has 0 saturated carbocycles. The molecular weight excluding hydrogens is 541 g/mol. The van der Waals surface area contributed by atoms with Gasteiger partial charge in [-0.15, -0.1) is 11.1 Å². The minimum absolute atomic E-state index is 0.607. The van der Waals surface area contributed by atoms with E-state index < -0.39 is 16.1 Å². The van der Waals surface area contributed by atoms with Crippen LogP contribution in [0, 0.1) is 22.9 Å². The number of rotatable bonds is 6. The van der Waals surface area contributed by atoms with E-state index in [2.05, 4.69) is 166 Å². The molecule has 42 heavy (non-hydrogen) atoms. The van der Waals surface area contributed by atoms with Gasteiger partial charge in [-0.2, -0.15) is 0 Å². The largest absolute Gasteiger partial charge is 0.350 e. The topological polar surface area (TPSA) is 9.86 Å². The second-order valence-electron chi connectivity index (χ2n) is 14.6. The minimum atomic E-state index is -1.86. The molecule has 2 aromatic carbocycles. The first-order chi connectivity index (χ1) is 19.6. The number of hydrogen-bond acceptors (Lipinski definition) is 0. The highest BCUT2D eigenvalue weighted by Gasteiger charge is 2.42. The molecule has 2 heterocycles. The lowest BCUT2D eigenvalue weighted by molar-refractivity contribution is 0.838. The highest BCUT2D eigenvalue weighted by atomic mass is 28.3. The molecule has 0 unspecified atom stereocenters. The van der Waals surface area contributed by atoms with E-state index in [1.807, 2.05) is 0 Å². The lowest BCUT2D eigenvalue weighted by atomic mass is 9.97. The molecule has 0 N–H and O–H groups in total. The summed E-state index contributed by atoms with van der Waals surface area (Å²) >= 11 is 0. The summed E-state index contributed by atoms with van der Waals surface area (Å²) in [4.78, 5) is 0. The van der Waals surface area contributed by atoms with Crippen LogP contribution in [0.4, 0.5) is 0 Å². The summed E-state index contributed by atoms with van der Waals surface area (Å²) in [5.41, 5.74) is 16.5. The number of nitrogens with zero attached hydrogens (tertiary/aromatic N) is 2. The number of fused-ring (bicyclic) bond motifs is 5. The quantitative estimate of drug-likeness (QED) is 0.155. The Balaban J connectivity index is 2.09. The van der Waals surface area contributed by atoms with Crippen molar-refractivity contribution in [3.63, 3.8) is 0 Å². The van der Waals surface area contributed by atoms with Crippen LogP contribution in [0.1, 0.15) is 94.2 Å². The van der Waals surface area contributed by atoms with E-state index >= 15 is 0 Å². The third-order valence-electron chi connectivity index (χ3n) is 10.7. The third kappa shape index (κ3) is 4.99. The van der Waals surface area contributed by atoms with Gasteiger partial charge in [-0.05, 0) is 57.5 Å². The number of hydrogen-bond donors (Lipinski definition) is 0. The van der Waals surface area contributed by atoms with Gasteiger partial charge in [0.05, 0.1) is 11.0 Å². The van der Waals surface area contributed by atoms with Crippen molar-refractivity contribution in [1.82, 2.24) is 9.13 Å². The second kappa shape index (κ2) is 11.8. The van der Waals surface area contributed by atoms with Crippen LogP contribution in [0.15, 0.2) is 36.7 Å². The molecule has 0 radical (unpaired) electrons. The van der Waals surface area contributed by atoms with E-state index in [0.29, 0.717) is 33.2 Å². The molecule has 4 rings (SSSR count). The molecule has 0 aliphatic carbocycles. The summed E-state index contributed by atoms with van der Waals surface area (Å²) in [5.74, 6) is 7.64. The number of benzene rings is 2. The molecule has 0 spiro atoms. The van der Waals surface area contributed by atoms with E-state index in [0.717, 1.165) is 11.1 Å². The summed E-state index contributed by atoms with van der Waals surface area (Å²) in [6.45, 7) is 28.7. The fourth-order valence-corrected chi connectivity index (χ4v) is 19.0. The van der Waals surface area contributed by atoms with Gasteiger partial charge in [0.25, 0.3) is 0 Å². The summed E-state index contributed by atoms with van der Waals surface area (Å²) in [5, 5.41) is 5.04. The Bertz CT molecular complexity index is 1560. The van der Waals surface area contributed by atoms with Crippen LogP contribution in [0.25, 0.3) is 32.6 Å². The summed E-state index contributed by atoms with van der Waals surface area (Å²) in [7, 11) is 0.613. The summed E-state index contributed by atoms with van der Waals surface area (Å²) < 4.78 is 4.56. The summed E-state index contributed by atoms with van der Waals surface area (Å²) in [6, 6.07) is 9.27. The first-order valence-corrected chi connectivity index (χ1v) is 20.6. The molecule has 2 nitrogen and oxygen atoms in total. The Morgan fingerprint density at radius 1 is 0.476 bits per heavy atom. The zero-order valence-corrected chi connectivity index (χ0v) is 30.8. The molecular formula is C38H54N2Si2. The Morgan fingerprint density at radius 2 is 0.762 bits per heavy atom. The molecule has 4 aromatic rings. The lowest BCUT2D eigenvalue weighted by Crippen LogP contribution is -2.43. The maximum Gasteiger partial charge on any atom is 0.146 e. The van der Waals surface area contributed by atoms with Crippen molar-refractivity contribution in [2.24, 2.45) is 14.1 Å². The van der Waals surface area contributed by atoms with Gasteiger partial charge in [0.2, 0.25) is 0 Å². The van der Waals surface area contributed by atoms with Crippen LogP contribution in [0.2, 0.25) is 33.2 Å². The highest BCUT2D eigenvalue weighted by molar-refractivity contribution is 6.91. The minimum Gasteiger partial charge on any atom is -0.350 e. The monoisotopic (exact) mass is 594 g/mol. The standard InChI is InChI=1S/C38H54N2Si2/c1-25(2)41(26(3)4,27(5)6)21-17-31-23-35-36(37-33(31)15-19-39(37)13)24-32(34-16-20-40(14)38(34)35)18-22-42(28(7)8,29(9)10)30(11)12/h15-16,19-20,23-30H,1-14H3. The fourth-order valence-electron chi connectivity index (χ4n) is 8.58. The van der Waals surface area contributed by atoms with Crippen molar-refractivity contribution in [3.8, 4) is 22.9 Å². The van der Waals surface area contributed by atoms with E-state index in [1.54, 1.807) is 0 Å². The van der Waals surface area contributed by atoms with Gasteiger partial charge >= 0.3 is 0 Å². The maximum atomic E-state index is 4.01. The number of aromatic nitrogens is 2. The predicted octanol–water partition coefficient (Wildman–Crippen LogP) is 11.0. The molecule has 0 aliphatic heterocycles. The molecule has 0 saturated heterocycles. The van der Waals surface area contributed by atoms with E-state index in [4.69, 9.17) is 0 Å². The van der Waals surface area contributed by atoms with Gasteiger partial charge < -0.3 is 9.13 Å². The van der Waals surface area contributed by atoms with Crippen molar-refractivity contribution < 1.29 is 0 Å². The van der Waals surface area contributed by atoms with E-state index in [9.17, 15) is 0 Å². The Morgan fingerprint density at radius 3 is 1.02 bits per heavy atom.